The first kappa shape index (κ1) is 83.1. The number of phosphoric ester groups is 1. The van der Waals surface area contributed by atoms with Crippen molar-refractivity contribution < 1.29 is 37.6 Å². The molecular formula is C79H120NO8P. The monoisotopic (exact) mass is 1240 g/mol. The molecule has 0 saturated heterocycles. The van der Waals surface area contributed by atoms with Crippen molar-refractivity contribution in [2.75, 3.05) is 26.4 Å². The lowest BCUT2D eigenvalue weighted by molar-refractivity contribution is -0.161. The van der Waals surface area contributed by atoms with Crippen LogP contribution in [0, 0.1) is 0 Å². The molecule has 10 heteroatoms. The SMILES string of the molecule is CC/C=C\C/C=C\C/C=C\C/C=C\C/C=C\C/C=C\C/C=C\C/C=C\C/C=C\C/C=C\C/C=C\CCCCCCCCCC(=O)OC(COC(=O)CCCC/C=C\C/C=C\C/C=C\C/C=C\C/C=C\C/C=C\C/C=C\C/C=C\CC)COP(=O)(O)OCCN. The van der Waals surface area contributed by atoms with Gasteiger partial charge in [-0.3, -0.25) is 18.6 Å². The zero-order valence-electron chi connectivity index (χ0n) is 55.3. The molecule has 0 aliphatic carbocycles. The average molecular weight is 1240 g/mol. The average Bonchev–Trinajstić information content (AvgIpc) is 3.58. The highest BCUT2D eigenvalue weighted by atomic mass is 31.2. The summed E-state index contributed by atoms with van der Waals surface area (Å²) < 4.78 is 33.1. The van der Waals surface area contributed by atoms with Gasteiger partial charge >= 0.3 is 19.8 Å². The van der Waals surface area contributed by atoms with Gasteiger partial charge in [0, 0.05) is 19.4 Å². The van der Waals surface area contributed by atoms with E-state index in [0.717, 1.165) is 173 Å². The molecule has 0 aromatic heterocycles. The van der Waals surface area contributed by atoms with Crippen LogP contribution in [0.5, 0.6) is 0 Å². The van der Waals surface area contributed by atoms with Crippen LogP contribution in [0.15, 0.2) is 231 Å². The van der Waals surface area contributed by atoms with Crippen LogP contribution in [0.4, 0.5) is 0 Å². The Labute approximate surface area is 543 Å². The van der Waals surface area contributed by atoms with Crippen LogP contribution in [0.25, 0.3) is 0 Å². The standard InChI is InChI=1S/C79H120NO8P/c1-3-5-7-9-11-13-15-17-19-21-23-25-27-29-31-32-33-34-35-36-37-38-39-40-41-42-43-44-46-48-50-52-54-56-58-60-62-64-66-68-70-72-79(82)88-77(76-87-89(83,84)86-74-73-80)75-85-78(81)71-69-67-65-63-61-59-57-55-53-51-49-47-45-30-28-26-24-22-20-18-16-14-12-10-8-6-4-2/h5-8,11-14,17-20,23-26,29-31,33-34,36-37,39-40,42-43,45-46,48-49,51-52,54-55,57,61,63,77H,3-4,9-10,15-16,21-22,27-28,32,35,38,41,44,47,50,53,56,58-60,62,64-76,80H2,1-2H3,(H,83,84)/b7-5-,8-6-,13-11-,14-12-,19-17-,20-18-,25-23-,26-24-,31-29-,34-33-,37-36-,40-39-,43-42-,45-30-,48-46-,51-49-,54-52-,57-55-,63-61-. The van der Waals surface area contributed by atoms with Gasteiger partial charge in [-0.2, -0.15) is 0 Å². The van der Waals surface area contributed by atoms with E-state index in [9.17, 15) is 19.0 Å². The zero-order valence-corrected chi connectivity index (χ0v) is 56.2. The van der Waals surface area contributed by atoms with Gasteiger partial charge in [0.15, 0.2) is 6.10 Å². The number of carbonyl (C=O) groups excluding carboxylic acids is 2. The molecule has 0 fully saturated rings. The van der Waals surface area contributed by atoms with Gasteiger partial charge in [-0.1, -0.05) is 277 Å². The van der Waals surface area contributed by atoms with Crippen molar-refractivity contribution in [3.05, 3.63) is 231 Å². The minimum atomic E-state index is -4.42. The highest BCUT2D eigenvalue weighted by Gasteiger charge is 2.26. The van der Waals surface area contributed by atoms with Crippen LogP contribution < -0.4 is 5.73 Å². The number of hydrogen-bond donors (Lipinski definition) is 2. The number of esters is 2. The maximum Gasteiger partial charge on any atom is 0.472 e. The number of allylic oxidation sites excluding steroid dienone is 38. The Bertz CT molecular complexity index is 2310. The van der Waals surface area contributed by atoms with Crippen molar-refractivity contribution in [1.29, 1.82) is 0 Å². The second kappa shape index (κ2) is 71.1. The van der Waals surface area contributed by atoms with Crippen LogP contribution in [-0.4, -0.2) is 49.3 Å². The molecule has 0 radical (unpaired) electrons. The van der Waals surface area contributed by atoms with E-state index in [1.807, 2.05) is 0 Å². The first-order valence-electron chi connectivity index (χ1n) is 33.9. The number of rotatable bonds is 60. The van der Waals surface area contributed by atoms with Crippen molar-refractivity contribution in [1.82, 2.24) is 0 Å². The van der Waals surface area contributed by atoms with Gasteiger partial charge < -0.3 is 20.1 Å². The molecule has 0 spiro atoms. The third-order valence-electron chi connectivity index (χ3n) is 13.0. The van der Waals surface area contributed by atoms with Crippen LogP contribution in [-0.2, 0) is 32.7 Å². The van der Waals surface area contributed by atoms with E-state index in [2.05, 4.69) is 245 Å². The van der Waals surface area contributed by atoms with E-state index in [4.69, 9.17) is 24.3 Å². The summed E-state index contributed by atoms with van der Waals surface area (Å²) in [5.41, 5.74) is 5.39. The number of phosphoric acid groups is 1. The maximum absolute atomic E-state index is 12.8. The predicted molar refractivity (Wildman–Crippen MR) is 384 cm³/mol. The minimum absolute atomic E-state index is 0.0320. The van der Waals surface area contributed by atoms with Crippen molar-refractivity contribution >= 4 is 19.8 Å². The van der Waals surface area contributed by atoms with Gasteiger partial charge in [-0.15, -0.1) is 0 Å². The molecule has 0 heterocycles. The molecule has 2 unspecified atom stereocenters. The summed E-state index contributed by atoms with van der Waals surface area (Å²) in [5, 5.41) is 0. The van der Waals surface area contributed by atoms with Gasteiger partial charge in [0.25, 0.3) is 0 Å². The van der Waals surface area contributed by atoms with Gasteiger partial charge in [-0.05, 0) is 161 Å². The number of hydrogen-bond acceptors (Lipinski definition) is 8. The molecule has 0 aromatic rings. The Morgan fingerprint density at radius 2 is 0.584 bits per heavy atom. The third kappa shape index (κ3) is 71.0. The largest absolute Gasteiger partial charge is 0.472 e. The Morgan fingerprint density at radius 3 is 0.888 bits per heavy atom. The summed E-state index contributed by atoms with van der Waals surface area (Å²) >= 11 is 0. The second-order valence-corrected chi connectivity index (χ2v) is 22.7. The molecule has 0 aliphatic rings. The lowest BCUT2D eigenvalue weighted by atomic mass is 10.1. The molecule has 89 heavy (non-hydrogen) atoms. The molecule has 0 saturated carbocycles. The normalized spacial score (nSPS) is 14.4. The fourth-order valence-electron chi connectivity index (χ4n) is 8.12. The Kier molecular flexibility index (Phi) is 66.4. The zero-order chi connectivity index (χ0) is 64.4. The number of carbonyl (C=O) groups is 2. The first-order chi connectivity index (χ1) is 43.8. The lowest BCUT2D eigenvalue weighted by Gasteiger charge is -2.19. The first-order valence-corrected chi connectivity index (χ1v) is 35.4. The number of unbranched alkanes of at least 4 members (excludes halogenated alkanes) is 9. The Balaban J connectivity index is 4.10. The van der Waals surface area contributed by atoms with Crippen molar-refractivity contribution in [2.45, 2.75) is 225 Å². The highest BCUT2D eigenvalue weighted by molar-refractivity contribution is 7.47. The molecule has 2 atom stereocenters. The summed E-state index contributed by atoms with van der Waals surface area (Å²) in [5.74, 6) is -0.912. The fourth-order valence-corrected chi connectivity index (χ4v) is 8.89. The van der Waals surface area contributed by atoms with Crippen LogP contribution >= 0.6 is 7.82 Å². The Hall–Kier alpha value is -5.93. The Morgan fingerprint density at radius 1 is 0.337 bits per heavy atom. The van der Waals surface area contributed by atoms with Crippen LogP contribution in [0.1, 0.15) is 219 Å². The lowest BCUT2D eigenvalue weighted by Crippen LogP contribution is -2.29. The van der Waals surface area contributed by atoms with Crippen LogP contribution in [0.3, 0.4) is 0 Å². The maximum atomic E-state index is 12.8. The molecule has 0 amide bonds. The summed E-state index contributed by atoms with van der Waals surface area (Å²) in [6.07, 6.45) is 113. The fraction of sp³-hybridized carbons (Fsp3) is 0.494. The van der Waals surface area contributed by atoms with Gasteiger partial charge in [0.1, 0.15) is 6.61 Å². The van der Waals surface area contributed by atoms with Gasteiger partial charge in [0.2, 0.25) is 0 Å². The highest BCUT2D eigenvalue weighted by Crippen LogP contribution is 2.43. The summed E-state index contributed by atoms with van der Waals surface area (Å²) in [7, 11) is -4.42. The van der Waals surface area contributed by atoms with E-state index in [-0.39, 0.29) is 32.6 Å². The summed E-state index contributed by atoms with van der Waals surface area (Å²) in [4.78, 5) is 35.3. The van der Waals surface area contributed by atoms with Crippen molar-refractivity contribution in [2.24, 2.45) is 5.73 Å². The molecule has 0 rings (SSSR count). The molecule has 9 nitrogen and oxygen atoms in total. The molecule has 0 bridgehead atoms. The molecule has 494 valence electrons. The smallest absolute Gasteiger partial charge is 0.462 e. The van der Waals surface area contributed by atoms with Gasteiger partial charge in [0.05, 0.1) is 13.2 Å². The third-order valence-corrected chi connectivity index (χ3v) is 14.0. The topological polar surface area (TPSA) is 134 Å². The molecule has 0 aromatic carbocycles. The van der Waals surface area contributed by atoms with E-state index in [1.54, 1.807) is 0 Å². The quantitative estimate of drug-likeness (QED) is 0.0264. The van der Waals surface area contributed by atoms with E-state index in [1.165, 1.54) is 6.42 Å². The van der Waals surface area contributed by atoms with E-state index in [0.29, 0.717) is 12.8 Å². The minimum Gasteiger partial charge on any atom is -0.462 e. The van der Waals surface area contributed by atoms with E-state index < -0.39 is 32.5 Å². The number of nitrogens with two attached hydrogens (primary N) is 1. The van der Waals surface area contributed by atoms with Crippen molar-refractivity contribution in [3.63, 3.8) is 0 Å². The van der Waals surface area contributed by atoms with Crippen LogP contribution in [0.2, 0.25) is 0 Å². The second-order valence-electron chi connectivity index (χ2n) is 21.2. The predicted octanol–water partition coefficient (Wildman–Crippen LogP) is 22.6. The van der Waals surface area contributed by atoms with E-state index >= 15 is 0 Å². The van der Waals surface area contributed by atoms with Gasteiger partial charge in [-0.25, -0.2) is 4.57 Å². The van der Waals surface area contributed by atoms with Crippen molar-refractivity contribution in [3.8, 4) is 0 Å². The number of ether oxygens (including phenoxy) is 2. The molecular weight excluding hydrogens is 1120 g/mol. The molecule has 3 N–H and O–H groups in total. The molecule has 0 aliphatic heterocycles. The summed E-state index contributed by atoms with van der Waals surface area (Å²) in [6.45, 7) is 3.41. The summed E-state index contributed by atoms with van der Waals surface area (Å²) in [6, 6.07) is 0.